The molecule has 1 aliphatic heterocycles. The fraction of sp³-hybridized carbons (Fsp3) is 0.320. The molecule has 1 aliphatic carbocycles. The molecule has 1 amide bonds. The molecule has 0 bridgehead atoms. The van der Waals surface area contributed by atoms with Crippen LogP contribution in [0.15, 0.2) is 72.3 Å². The van der Waals surface area contributed by atoms with Crippen molar-refractivity contribution < 1.29 is 28.6 Å². The van der Waals surface area contributed by atoms with Crippen LogP contribution in [0.2, 0.25) is 0 Å². The third kappa shape index (κ3) is 3.34. The molecule has 1 fully saturated rings. The fourth-order valence-corrected chi connectivity index (χ4v) is 4.82. The molecule has 2 aromatic rings. The van der Waals surface area contributed by atoms with Crippen molar-refractivity contribution >= 4 is 18.0 Å². The molecule has 1 saturated heterocycles. The molecule has 2 aliphatic rings. The molecule has 166 valence electrons. The van der Waals surface area contributed by atoms with E-state index in [0.717, 1.165) is 16.7 Å². The van der Waals surface area contributed by atoms with Gasteiger partial charge in [-0.25, -0.2) is 4.79 Å². The van der Waals surface area contributed by atoms with Crippen LogP contribution in [0.25, 0.3) is 0 Å². The van der Waals surface area contributed by atoms with Gasteiger partial charge in [0.05, 0.1) is 20.3 Å². The molecular formula is C25H25NO6. The maximum atomic E-state index is 13.3. The minimum atomic E-state index is -1.70. The Labute approximate surface area is 186 Å². The van der Waals surface area contributed by atoms with Crippen LogP contribution in [-0.4, -0.2) is 43.2 Å². The zero-order valence-electron chi connectivity index (χ0n) is 18.2. The van der Waals surface area contributed by atoms with E-state index in [1.807, 2.05) is 67.6 Å². The molecule has 7 heteroatoms. The van der Waals surface area contributed by atoms with Crippen molar-refractivity contribution in [3.05, 3.63) is 83.4 Å². The van der Waals surface area contributed by atoms with Gasteiger partial charge in [-0.15, -0.1) is 0 Å². The van der Waals surface area contributed by atoms with Crippen LogP contribution >= 0.6 is 0 Å². The van der Waals surface area contributed by atoms with Crippen LogP contribution in [0.1, 0.15) is 36.6 Å². The first-order valence-corrected chi connectivity index (χ1v) is 10.4. The monoisotopic (exact) mass is 435 g/mol. The number of hydrogen-bond acceptors (Lipinski definition) is 6. The number of esters is 2. The van der Waals surface area contributed by atoms with Crippen LogP contribution in [-0.2, 0) is 23.8 Å². The maximum absolute atomic E-state index is 13.3. The van der Waals surface area contributed by atoms with Crippen molar-refractivity contribution in [3.63, 3.8) is 0 Å². The number of rotatable bonds is 5. The molecular weight excluding hydrogens is 410 g/mol. The Morgan fingerprint density at radius 3 is 2.00 bits per heavy atom. The van der Waals surface area contributed by atoms with Crippen LogP contribution in [0.5, 0.6) is 0 Å². The van der Waals surface area contributed by atoms with E-state index in [1.165, 1.54) is 19.1 Å². The second-order valence-electron chi connectivity index (χ2n) is 8.07. The summed E-state index contributed by atoms with van der Waals surface area (Å²) in [5.74, 6) is -1.49. The summed E-state index contributed by atoms with van der Waals surface area (Å²) in [4.78, 5) is 40.8. The van der Waals surface area contributed by atoms with Gasteiger partial charge in [-0.05, 0) is 24.5 Å². The summed E-state index contributed by atoms with van der Waals surface area (Å²) in [6.45, 7) is 1.81. The summed E-state index contributed by atoms with van der Waals surface area (Å²) < 4.78 is 15.9. The lowest BCUT2D eigenvalue weighted by Crippen LogP contribution is -2.55. The SMILES string of the molecule is COC(=O)C1(C(=O)OC)CC(C)=C[C@@H]1N1C(=O)O[C@@H](c2ccccc2)[C@H]1c1ccccc1. The first-order valence-electron chi connectivity index (χ1n) is 10.4. The fourth-order valence-electron chi connectivity index (χ4n) is 4.82. The third-order valence-corrected chi connectivity index (χ3v) is 6.20. The predicted octanol–water partition coefficient (Wildman–Crippen LogP) is 3.97. The van der Waals surface area contributed by atoms with Gasteiger partial charge in [0.15, 0.2) is 11.5 Å². The molecule has 0 spiro atoms. The van der Waals surface area contributed by atoms with Crippen molar-refractivity contribution in [2.75, 3.05) is 14.2 Å². The third-order valence-electron chi connectivity index (χ3n) is 6.20. The molecule has 32 heavy (non-hydrogen) atoms. The van der Waals surface area contributed by atoms with Crippen LogP contribution in [0, 0.1) is 5.41 Å². The Morgan fingerprint density at radius 1 is 0.938 bits per heavy atom. The van der Waals surface area contributed by atoms with E-state index in [9.17, 15) is 14.4 Å². The normalized spacial score (nSPS) is 24.0. The number of allylic oxidation sites excluding steroid dienone is 1. The highest BCUT2D eigenvalue weighted by molar-refractivity contribution is 6.03. The van der Waals surface area contributed by atoms with Gasteiger partial charge in [-0.3, -0.25) is 14.5 Å². The molecule has 0 unspecified atom stereocenters. The van der Waals surface area contributed by atoms with Crippen LogP contribution < -0.4 is 0 Å². The first kappa shape index (κ1) is 21.6. The number of carbonyl (C=O) groups is 3. The lowest BCUT2D eigenvalue weighted by Gasteiger charge is -2.37. The van der Waals surface area contributed by atoms with Gasteiger partial charge >= 0.3 is 18.0 Å². The second kappa shape index (κ2) is 8.49. The van der Waals surface area contributed by atoms with Crippen LogP contribution in [0.3, 0.4) is 0 Å². The summed E-state index contributed by atoms with van der Waals surface area (Å²) in [6, 6.07) is 17.4. The van der Waals surface area contributed by atoms with Crippen LogP contribution in [0.4, 0.5) is 4.79 Å². The van der Waals surface area contributed by atoms with E-state index in [0.29, 0.717) is 0 Å². The van der Waals surface area contributed by atoms with Gasteiger partial charge in [0.1, 0.15) is 6.04 Å². The van der Waals surface area contributed by atoms with Gasteiger partial charge < -0.3 is 14.2 Å². The van der Waals surface area contributed by atoms with E-state index in [1.54, 1.807) is 6.08 Å². The molecule has 1 heterocycles. The summed E-state index contributed by atoms with van der Waals surface area (Å²) in [7, 11) is 2.45. The Morgan fingerprint density at radius 2 is 1.47 bits per heavy atom. The summed E-state index contributed by atoms with van der Waals surface area (Å²) in [5, 5.41) is 0. The summed E-state index contributed by atoms with van der Waals surface area (Å²) >= 11 is 0. The molecule has 0 radical (unpaired) electrons. The second-order valence-corrected chi connectivity index (χ2v) is 8.07. The van der Waals surface area contributed by atoms with Crippen molar-refractivity contribution in [3.8, 4) is 0 Å². The number of ether oxygens (including phenoxy) is 3. The number of cyclic esters (lactones) is 1. The van der Waals surface area contributed by atoms with E-state index >= 15 is 0 Å². The minimum absolute atomic E-state index is 0.0955. The van der Waals surface area contributed by atoms with Gasteiger partial charge in [0.2, 0.25) is 0 Å². The number of hydrogen-bond donors (Lipinski definition) is 0. The Hall–Kier alpha value is -3.61. The van der Waals surface area contributed by atoms with Gasteiger partial charge in [-0.2, -0.15) is 0 Å². The molecule has 4 rings (SSSR count). The highest BCUT2D eigenvalue weighted by atomic mass is 16.6. The molecule has 7 nitrogen and oxygen atoms in total. The smallest absolute Gasteiger partial charge is 0.411 e. The molecule has 0 N–H and O–H groups in total. The molecule has 3 atom stereocenters. The number of benzene rings is 2. The topological polar surface area (TPSA) is 82.1 Å². The standard InChI is InChI=1S/C25H25NO6/c1-16-14-19(25(15-16,22(27)30-2)23(28)31-3)26-20(17-10-6-4-7-11-17)21(32-24(26)29)18-12-8-5-9-13-18/h4-14,19-21H,15H2,1-3H3/t19-,20+,21-/m0/s1. The zero-order chi connectivity index (χ0) is 22.9. The molecule has 2 aromatic carbocycles. The largest absolute Gasteiger partial charge is 0.468 e. The average molecular weight is 435 g/mol. The Kier molecular flexibility index (Phi) is 5.74. The lowest BCUT2D eigenvalue weighted by molar-refractivity contribution is -0.172. The van der Waals surface area contributed by atoms with Gasteiger partial charge in [0.25, 0.3) is 0 Å². The average Bonchev–Trinajstić information content (AvgIpc) is 3.36. The zero-order valence-corrected chi connectivity index (χ0v) is 18.2. The van der Waals surface area contributed by atoms with Crippen molar-refractivity contribution in [2.45, 2.75) is 31.5 Å². The lowest BCUT2D eigenvalue weighted by atomic mass is 9.79. The van der Waals surface area contributed by atoms with E-state index < -0.39 is 41.6 Å². The van der Waals surface area contributed by atoms with Crippen molar-refractivity contribution in [1.82, 2.24) is 4.90 Å². The summed E-state index contributed by atoms with van der Waals surface area (Å²) in [6.07, 6.45) is 0.630. The Bertz CT molecular complexity index is 1030. The van der Waals surface area contributed by atoms with Crippen molar-refractivity contribution in [1.29, 1.82) is 0 Å². The molecule has 0 aromatic heterocycles. The van der Waals surface area contributed by atoms with Crippen molar-refractivity contribution in [2.24, 2.45) is 5.41 Å². The van der Waals surface area contributed by atoms with Gasteiger partial charge in [-0.1, -0.05) is 72.3 Å². The molecule has 0 saturated carbocycles. The Balaban J connectivity index is 1.88. The van der Waals surface area contributed by atoms with E-state index in [4.69, 9.17) is 14.2 Å². The first-order chi connectivity index (χ1) is 15.4. The number of amides is 1. The van der Waals surface area contributed by atoms with Gasteiger partial charge in [0, 0.05) is 0 Å². The highest BCUT2D eigenvalue weighted by Crippen LogP contribution is 2.51. The summed E-state index contributed by atoms with van der Waals surface area (Å²) in [5.41, 5.74) is 0.727. The quantitative estimate of drug-likeness (QED) is 0.306. The highest BCUT2D eigenvalue weighted by Gasteiger charge is 2.63. The predicted molar refractivity (Wildman–Crippen MR) is 115 cm³/mol. The van der Waals surface area contributed by atoms with E-state index in [-0.39, 0.29) is 6.42 Å². The van der Waals surface area contributed by atoms with E-state index in [2.05, 4.69) is 0 Å². The minimum Gasteiger partial charge on any atom is -0.468 e. The maximum Gasteiger partial charge on any atom is 0.411 e. The number of nitrogens with zero attached hydrogens (tertiary/aromatic N) is 1. The number of methoxy groups -OCH3 is 2. The number of carbonyl (C=O) groups excluding carboxylic acids is 3.